The quantitative estimate of drug-likeness (QED) is 0.338. The number of rotatable bonds is 6. The highest BCUT2D eigenvalue weighted by Gasteiger charge is 2.34. The molecule has 5 rings (SSSR count). The first kappa shape index (κ1) is 29.9. The summed E-state index contributed by atoms with van der Waals surface area (Å²) in [6.45, 7) is 7.82. The molecule has 1 saturated heterocycles. The van der Waals surface area contributed by atoms with Crippen LogP contribution in [-0.2, 0) is 15.7 Å². The number of halogens is 4. The number of nitrogens with zero attached hydrogens (tertiary/aromatic N) is 4. The maximum atomic E-state index is 13.6. The Kier molecular flexibility index (Phi) is 8.49. The van der Waals surface area contributed by atoms with Gasteiger partial charge >= 0.3 is 12.2 Å². The first-order valence-electron chi connectivity index (χ1n) is 13.6. The van der Waals surface area contributed by atoms with Crippen molar-refractivity contribution in [2.45, 2.75) is 45.3 Å². The molecule has 4 heterocycles. The Bertz CT molecular complexity index is 1460. The molecular formula is C29H31ClF3N5O4. The second-order valence-corrected chi connectivity index (χ2v) is 10.8. The molecule has 0 bridgehead atoms. The zero-order valence-corrected chi connectivity index (χ0v) is 24.1. The summed E-state index contributed by atoms with van der Waals surface area (Å²) in [4.78, 5) is 26.1. The van der Waals surface area contributed by atoms with Gasteiger partial charge in [-0.05, 0) is 51.5 Å². The van der Waals surface area contributed by atoms with Crippen LogP contribution in [0.15, 0.2) is 48.5 Å². The van der Waals surface area contributed by atoms with Crippen molar-refractivity contribution in [2.75, 3.05) is 48.0 Å². The average Bonchev–Trinajstić information content (AvgIpc) is 3.19. The van der Waals surface area contributed by atoms with Gasteiger partial charge in [0.1, 0.15) is 18.5 Å². The third kappa shape index (κ3) is 6.71. The van der Waals surface area contributed by atoms with Crippen LogP contribution in [0.4, 0.5) is 35.3 Å². The van der Waals surface area contributed by atoms with Gasteiger partial charge in [-0.1, -0.05) is 29.8 Å². The van der Waals surface area contributed by atoms with Crippen molar-refractivity contribution in [3.8, 4) is 17.1 Å². The molecule has 0 radical (unpaired) electrons. The van der Waals surface area contributed by atoms with Crippen molar-refractivity contribution >= 4 is 35.0 Å². The first-order chi connectivity index (χ1) is 19.9. The van der Waals surface area contributed by atoms with E-state index in [9.17, 15) is 18.0 Å². The van der Waals surface area contributed by atoms with Gasteiger partial charge in [0.25, 0.3) is 0 Å². The summed E-state index contributed by atoms with van der Waals surface area (Å²) >= 11 is 6.57. The zero-order chi connectivity index (χ0) is 30.1. The van der Waals surface area contributed by atoms with Crippen LogP contribution < -0.4 is 19.9 Å². The van der Waals surface area contributed by atoms with Crippen LogP contribution >= 0.6 is 11.6 Å². The largest absolute Gasteiger partial charge is 0.475 e. The fourth-order valence-electron chi connectivity index (χ4n) is 4.88. The van der Waals surface area contributed by atoms with Crippen LogP contribution in [0.2, 0.25) is 5.02 Å². The predicted octanol–water partition coefficient (Wildman–Crippen LogP) is 6.61. The molecule has 1 aromatic carbocycles. The van der Waals surface area contributed by atoms with Crippen molar-refractivity contribution in [1.29, 1.82) is 0 Å². The number of amides is 2. The van der Waals surface area contributed by atoms with E-state index in [1.54, 1.807) is 24.3 Å². The molecule has 2 aromatic heterocycles. The van der Waals surface area contributed by atoms with E-state index in [1.807, 2.05) is 25.7 Å². The molecule has 0 unspecified atom stereocenters. The number of aromatic nitrogens is 2. The Labute approximate surface area is 246 Å². The summed E-state index contributed by atoms with van der Waals surface area (Å²) in [5.41, 5.74) is 0.128. The van der Waals surface area contributed by atoms with Crippen molar-refractivity contribution in [3.05, 3.63) is 59.1 Å². The maximum absolute atomic E-state index is 13.6. The third-order valence-corrected chi connectivity index (χ3v) is 7.16. The standard InChI is InChI=1S/C29H31ClF3N5O4/c1-4-37-12-7-13-38(26-22(37)15-21(30)25(36-26)18-8-5-9-19(14-18)29(31,32)33)27(39)35-23-10-6-11-24(34-23)40-16-20-17-41-28(2,3)42-20/h5-6,8-11,14-15,20H,4,7,12-13,16-17H2,1-3H3,(H,34,35,39)/t20-/m0/s1. The van der Waals surface area contributed by atoms with Crippen LogP contribution in [0.1, 0.15) is 32.8 Å². The van der Waals surface area contributed by atoms with Crippen LogP contribution in [-0.4, -0.2) is 60.7 Å². The van der Waals surface area contributed by atoms with Crippen molar-refractivity contribution in [2.24, 2.45) is 0 Å². The predicted molar refractivity (Wildman–Crippen MR) is 153 cm³/mol. The molecule has 9 nitrogen and oxygen atoms in total. The molecule has 42 heavy (non-hydrogen) atoms. The number of ether oxygens (including phenoxy) is 3. The van der Waals surface area contributed by atoms with E-state index in [0.717, 1.165) is 12.1 Å². The number of fused-ring (bicyclic) bond motifs is 1. The Morgan fingerprint density at radius 3 is 2.67 bits per heavy atom. The zero-order valence-electron chi connectivity index (χ0n) is 23.4. The van der Waals surface area contributed by atoms with Gasteiger partial charge in [-0.25, -0.2) is 9.78 Å². The molecule has 1 fully saturated rings. The molecule has 0 aliphatic carbocycles. The molecule has 1 atom stereocenters. The van der Waals surface area contributed by atoms with Crippen LogP contribution in [0.3, 0.4) is 0 Å². The normalized spacial score (nSPS) is 18.4. The fourth-order valence-corrected chi connectivity index (χ4v) is 5.14. The van der Waals surface area contributed by atoms with E-state index < -0.39 is 23.6 Å². The molecule has 2 aliphatic heterocycles. The molecule has 3 aromatic rings. The minimum atomic E-state index is -4.53. The van der Waals surface area contributed by atoms with E-state index in [2.05, 4.69) is 15.3 Å². The van der Waals surface area contributed by atoms with Gasteiger partial charge in [-0.3, -0.25) is 10.2 Å². The highest BCUT2D eigenvalue weighted by molar-refractivity contribution is 6.33. The number of hydrogen-bond acceptors (Lipinski definition) is 7. The SMILES string of the molecule is CCN1CCCN(C(=O)Nc2cccc(OC[C@H]3COC(C)(C)O3)n2)c2nc(-c3cccc(C(F)(F)F)c3)c(Cl)cc21. The van der Waals surface area contributed by atoms with Gasteiger partial charge in [0, 0.05) is 31.3 Å². The van der Waals surface area contributed by atoms with Crippen LogP contribution in [0, 0.1) is 0 Å². The highest BCUT2D eigenvalue weighted by Crippen LogP contribution is 2.40. The molecule has 2 amide bonds. The van der Waals surface area contributed by atoms with Gasteiger partial charge in [0.15, 0.2) is 11.6 Å². The Morgan fingerprint density at radius 2 is 1.95 bits per heavy atom. The first-order valence-corrected chi connectivity index (χ1v) is 13.9. The highest BCUT2D eigenvalue weighted by atomic mass is 35.5. The van der Waals surface area contributed by atoms with Gasteiger partial charge in [-0.2, -0.15) is 18.2 Å². The monoisotopic (exact) mass is 605 g/mol. The minimum Gasteiger partial charge on any atom is -0.475 e. The fraction of sp³-hybridized carbons (Fsp3) is 0.414. The van der Waals surface area contributed by atoms with Crippen molar-refractivity contribution in [3.63, 3.8) is 0 Å². The summed E-state index contributed by atoms with van der Waals surface area (Å²) in [5.74, 6) is 0.169. The minimum absolute atomic E-state index is 0.145. The molecule has 13 heteroatoms. The molecule has 0 saturated carbocycles. The van der Waals surface area contributed by atoms with Gasteiger partial charge in [0.05, 0.1) is 28.6 Å². The van der Waals surface area contributed by atoms with Crippen LogP contribution in [0.25, 0.3) is 11.3 Å². The Hall–Kier alpha value is -3.61. The number of carbonyl (C=O) groups excluding carboxylic acids is 1. The van der Waals surface area contributed by atoms with E-state index in [4.69, 9.17) is 25.8 Å². The number of urea groups is 1. The number of anilines is 3. The van der Waals surface area contributed by atoms with Gasteiger partial charge in [0.2, 0.25) is 5.88 Å². The Balaban J connectivity index is 1.40. The van der Waals surface area contributed by atoms with E-state index >= 15 is 0 Å². The second-order valence-electron chi connectivity index (χ2n) is 10.4. The van der Waals surface area contributed by atoms with Crippen molar-refractivity contribution < 1.29 is 32.2 Å². The Morgan fingerprint density at radius 1 is 1.17 bits per heavy atom. The smallest absolute Gasteiger partial charge is 0.416 e. The third-order valence-electron chi connectivity index (χ3n) is 6.88. The lowest BCUT2D eigenvalue weighted by Crippen LogP contribution is -2.36. The summed E-state index contributed by atoms with van der Waals surface area (Å²) in [6, 6.07) is 10.9. The number of pyridine rings is 2. The summed E-state index contributed by atoms with van der Waals surface area (Å²) in [7, 11) is 0. The lowest BCUT2D eigenvalue weighted by molar-refractivity contribution is -0.141. The molecule has 2 aliphatic rings. The molecule has 0 spiro atoms. The summed E-state index contributed by atoms with van der Waals surface area (Å²) in [5, 5.41) is 2.98. The van der Waals surface area contributed by atoms with Gasteiger partial charge < -0.3 is 19.1 Å². The lowest BCUT2D eigenvalue weighted by atomic mass is 10.1. The molecule has 1 N–H and O–H groups in total. The summed E-state index contributed by atoms with van der Waals surface area (Å²) < 4.78 is 57.3. The van der Waals surface area contributed by atoms with Gasteiger partial charge in [-0.15, -0.1) is 0 Å². The number of hydrogen-bond donors (Lipinski definition) is 1. The van der Waals surface area contributed by atoms with Crippen molar-refractivity contribution in [1.82, 2.24) is 9.97 Å². The molecule has 224 valence electrons. The number of benzene rings is 1. The molecular weight excluding hydrogens is 575 g/mol. The summed E-state index contributed by atoms with van der Waals surface area (Å²) in [6.07, 6.45) is -4.15. The van der Waals surface area contributed by atoms with E-state index in [1.165, 1.54) is 17.0 Å². The topological polar surface area (TPSA) is 89.1 Å². The average molecular weight is 606 g/mol. The maximum Gasteiger partial charge on any atom is 0.416 e. The number of carbonyl (C=O) groups is 1. The lowest BCUT2D eigenvalue weighted by Gasteiger charge is -2.26. The van der Waals surface area contributed by atoms with E-state index in [0.29, 0.717) is 44.2 Å². The number of alkyl halides is 3. The second kappa shape index (κ2) is 11.9. The number of nitrogens with one attached hydrogen (secondary N) is 1. The van der Waals surface area contributed by atoms with Crippen LogP contribution in [0.5, 0.6) is 5.88 Å². The van der Waals surface area contributed by atoms with E-state index in [-0.39, 0.29) is 40.6 Å².